The normalized spacial score (nSPS) is 17.7. The Morgan fingerprint density at radius 1 is 1.39 bits per heavy atom. The minimum absolute atomic E-state index is 0.419. The fourth-order valence-corrected chi connectivity index (χ4v) is 3.04. The molecule has 1 unspecified atom stereocenters. The maximum Gasteiger partial charge on any atom is 0.166 e. The SMILES string of the molecule is CCNC(=S)NC1Cc2[nH]c3ccccc3c2C1. The van der Waals surface area contributed by atoms with E-state index in [1.807, 2.05) is 0 Å². The summed E-state index contributed by atoms with van der Waals surface area (Å²) in [4.78, 5) is 3.51. The second-order valence-corrected chi connectivity index (χ2v) is 5.14. The summed E-state index contributed by atoms with van der Waals surface area (Å²) >= 11 is 5.24. The number of para-hydroxylation sites is 1. The van der Waals surface area contributed by atoms with E-state index in [-0.39, 0.29) is 0 Å². The van der Waals surface area contributed by atoms with Crippen LogP contribution in [0.15, 0.2) is 24.3 Å². The molecule has 1 atom stereocenters. The van der Waals surface area contributed by atoms with Crippen LogP contribution in [0.2, 0.25) is 0 Å². The van der Waals surface area contributed by atoms with Crippen molar-refractivity contribution < 1.29 is 0 Å². The summed E-state index contributed by atoms with van der Waals surface area (Å²) in [6.45, 7) is 2.92. The van der Waals surface area contributed by atoms with Crippen LogP contribution in [-0.2, 0) is 12.8 Å². The molecule has 1 heterocycles. The van der Waals surface area contributed by atoms with Crippen molar-refractivity contribution in [1.82, 2.24) is 15.6 Å². The molecule has 0 amide bonds. The van der Waals surface area contributed by atoms with Crippen LogP contribution in [0.1, 0.15) is 18.2 Å². The predicted octanol–water partition coefficient (Wildman–Crippen LogP) is 2.12. The topological polar surface area (TPSA) is 39.8 Å². The van der Waals surface area contributed by atoms with Crippen molar-refractivity contribution in [3.8, 4) is 0 Å². The lowest BCUT2D eigenvalue weighted by Crippen LogP contribution is -2.42. The van der Waals surface area contributed by atoms with E-state index in [1.165, 1.54) is 22.2 Å². The molecule has 3 rings (SSSR count). The van der Waals surface area contributed by atoms with E-state index in [9.17, 15) is 0 Å². The average Bonchev–Trinajstić information content (AvgIpc) is 2.86. The number of H-pyrrole nitrogens is 1. The molecule has 94 valence electrons. The van der Waals surface area contributed by atoms with Gasteiger partial charge < -0.3 is 15.6 Å². The van der Waals surface area contributed by atoms with E-state index in [1.54, 1.807) is 0 Å². The fourth-order valence-electron chi connectivity index (χ4n) is 2.73. The summed E-state index contributed by atoms with van der Waals surface area (Å²) in [5.41, 5.74) is 4.05. The molecule has 1 aromatic carbocycles. The first-order valence-corrected chi connectivity index (χ1v) is 6.81. The predicted molar refractivity (Wildman–Crippen MR) is 78.9 cm³/mol. The van der Waals surface area contributed by atoms with Crippen LogP contribution >= 0.6 is 12.2 Å². The summed E-state index contributed by atoms with van der Waals surface area (Å²) in [6, 6.07) is 8.92. The quantitative estimate of drug-likeness (QED) is 0.724. The fraction of sp³-hybridized carbons (Fsp3) is 0.357. The van der Waals surface area contributed by atoms with Gasteiger partial charge in [0.15, 0.2) is 5.11 Å². The van der Waals surface area contributed by atoms with Crippen LogP contribution in [0, 0.1) is 0 Å². The standard InChI is InChI=1S/C14H17N3S/c1-2-15-14(18)16-9-7-11-10-5-3-4-6-12(10)17-13(11)8-9/h3-6,9,17H,2,7-8H2,1H3,(H2,15,16,18). The van der Waals surface area contributed by atoms with E-state index in [4.69, 9.17) is 12.2 Å². The Kier molecular flexibility index (Phi) is 2.96. The van der Waals surface area contributed by atoms with Gasteiger partial charge in [-0.3, -0.25) is 0 Å². The number of hydrogen-bond acceptors (Lipinski definition) is 1. The minimum Gasteiger partial charge on any atom is -0.363 e. The van der Waals surface area contributed by atoms with Crippen LogP contribution < -0.4 is 10.6 Å². The molecule has 0 bridgehead atoms. The largest absolute Gasteiger partial charge is 0.363 e. The molecule has 1 aromatic heterocycles. The third kappa shape index (κ3) is 1.97. The number of nitrogens with one attached hydrogen (secondary N) is 3. The first-order chi connectivity index (χ1) is 8.78. The number of aromatic amines is 1. The molecule has 4 heteroatoms. The van der Waals surface area contributed by atoms with E-state index in [0.717, 1.165) is 24.5 Å². The van der Waals surface area contributed by atoms with Crippen LogP contribution in [0.4, 0.5) is 0 Å². The van der Waals surface area contributed by atoms with Crippen LogP contribution in [0.3, 0.4) is 0 Å². The zero-order valence-corrected chi connectivity index (χ0v) is 11.2. The highest BCUT2D eigenvalue weighted by atomic mass is 32.1. The zero-order chi connectivity index (χ0) is 12.5. The number of benzene rings is 1. The molecule has 0 aliphatic heterocycles. The van der Waals surface area contributed by atoms with Crippen molar-refractivity contribution >= 4 is 28.2 Å². The number of aromatic nitrogens is 1. The Hall–Kier alpha value is -1.55. The van der Waals surface area contributed by atoms with Gasteiger partial charge in [-0.2, -0.15) is 0 Å². The zero-order valence-electron chi connectivity index (χ0n) is 10.4. The molecule has 3 N–H and O–H groups in total. The minimum atomic E-state index is 0.419. The van der Waals surface area contributed by atoms with Gasteiger partial charge in [-0.15, -0.1) is 0 Å². The van der Waals surface area contributed by atoms with Gasteiger partial charge in [0.25, 0.3) is 0 Å². The third-order valence-corrected chi connectivity index (χ3v) is 3.74. The second kappa shape index (κ2) is 4.61. The van der Waals surface area contributed by atoms with Gasteiger partial charge in [-0.1, -0.05) is 18.2 Å². The highest BCUT2D eigenvalue weighted by Gasteiger charge is 2.25. The van der Waals surface area contributed by atoms with Crippen molar-refractivity contribution in [3.05, 3.63) is 35.5 Å². The van der Waals surface area contributed by atoms with Gasteiger partial charge in [-0.25, -0.2) is 0 Å². The van der Waals surface area contributed by atoms with E-state index in [2.05, 4.69) is 46.8 Å². The Labute approximate surface area is 112 Å². The molecule has 3 nitrogen and oxygen atoms in total. The van der Waals surface area contributed by atoms with E-state index < -0.39 is 0 Å². The number of fused-ring (bicyclic) bond motifs is 3. The Morgan fingerprint density at radius 2 is 2.22 bits per heavy atom. The van der Waals surface area contributed by atoms with Crippen molar-refractivity contribution in [3.63, 3.8) is 0 Å². The lowest BCUT2D eigenvalue weighted by atomic mass is 10.1. The van der Waals surface area contributed by atoms with Crippen LogP contribution in [-0.4, -0.2) is 22.7 Å². The highest BCUT2D eigenvalue weighted by molar-refractivity contribution is 7.80. The van der Waals surface area contributed by atoms with Crippen molar-refractivity contribution in [2.24, 2.45) is 0 Å². The van der Waals surface area contributed by atoms with Crippen LogP contribution in [0.25, 0.3) is 10.9 Å². The summed E-state index contributed by atoms with van der Waals surface area (Å²) in [7, 11) is 0. The van der Waals surface area contributed by atoms with Gasteiger partial charge in [-0.05, 0) is 37.2 Å². The van der Waals surface area contributed by atoms with E-state index >= 15 is 0 Å². The second-order valence-electron chi connectivity index (χ2n) is 4.74. The molecule has 0 spiro atoms. The van der Waals surface area contributed by atoms with Crippen LogP contribution in [0.5, 0.6) is 0 Å². The third-order valence-electron chi connectivity index (χ3n) is 3.48. The Morgan fingerprint density at radius 3 is 3.06 bits per heavy atom. The first-order valence-electron chi connectivity index (χ1n) is 6.40. The molecule has 0 radical (unpaired) electrons. The lowest BCUT2D eigenvalue weighted by Gasteiger charge is -2.15. The van der Waals surface area contributed by atoms with Gasteiger partial charge in [0, 0.05) is 35.6 Å². The van der Waals surface area contributed by atoms with Crippen molar-refractivity contribution in [1.29, 1.82) is 0 Å². The monoisotopic (exact) mass is 259 g/mol. The first kappa shape index (κ1) is 11.5. The lowest BCUT2D eigenvalue weighted by molar-refractivity contribution is 0.632. The van der Waals surface area contributed by atoms with Gasteiger partial charge in [0.2, 0.25) is 0 Å². The molecule has 1 aliphatic carbocycles. The smallest absolute Gasteiger partial charge is 0.166 e. The summed E-state index contributed by atoms with van der Waals surface area (Å²) in [6.07, 6.45) is 2.07. The van der Waals surface area contributed by atoms with Gasteiger partial charge >= 0.3 is 0 Å². The maximum absolute atomic E-state index is 5.24. The molecule has 0 saturated carbocycles. The summed E-state index contributed by atoms with van der Waals surface area (Å²) < 4.78 is 0. The maximum atomic E-state index is 5.24. The van der Waals surface area contributed by atoms with Gasteiger partial charge in [0.1, 0.15) is 0 Å². The molecule has 1 aliphatic rings. The van der Waals surface area contributed by atoms with Gasteiger partial charge in [0.05, 0.1) is 0 Å². The summed E-state index contributed by atoms with van der Waals surface area (Å²) in [5, 5.41) is 8.63. The van der Waals surface area contributed by atoms with Crippen molar-refractivity contribution in [2.45, 2.75) is 25.8 Å². The number of hydrogen-bond donors (Lipinski definition) is 3. The van der Waals surface area contributed by atoms with E-state index in [0.29, 0.717) is 6.04 Å². The molecule has 2 aromatic rings. The molecule has 0 fully saturated rings. The average molecular weight is 259 g/mol. The molecule has 0 saturated heterocycles. The molecular weight excluding hydrogens is 242 g/mol. The Bertz CT molecular complexity index is 588. The van der Waals surface area contributed by atoms with Crippen molar-refractivity contribution in [2.75, 3.05) is 6.54 Å². The highest BCUT2D eigenvalue weighted by Crippen LogP contribution is 2.29. The number of thiocarbonyl (C=S) groups is 1. The Balaban J connectivity index is 1.78. The summed E-state index contributed by atoms with van der Waals surface area (Å²) in [5.74, 6) is 0. The molecular formula is C14H17N3S. The number of rotatable bonds is 2. The molecule has 18 heavy (non-hydrogen) atoms.